The molecule has 0 fully saturated rings. The number of hydrogen-bond acceptors (Lipinski definition) is 3. The largest absolute Gasteiger partial charge is 0.543 e. The third-order valence-electron chi connectivity index (χ3n) is 5.97. The summed E-state index contributed by atoms with van der Waals surface area (Å²) in [4.78, 5) is 16.0. The Morgan fingerprint density at radius 3 is 2.25 bits per heavy atom. The molecular formula is C26H36N2O3Si. The number of amides is 1. The molecule has 1 amide bonds. The van der Waals surface area contributed by atoms with E-state index in [4.69, 9.17) is 9.16 Å². The van der Waals surface area contributed by atoms with Gasteiger partial charge in [0.15, 0.2) is 0 Å². The molecule has 1 aromatic heterocycles. The number of fused-ring (bicyclic) bond motifs is 1. The molecule has 172 valence electrons. The second kappa shape index (κ2) is 8.66. The molecule has 3 aromatic rings. The molecule has 0 aliphatic rings. The molecule has 2 N–H and O–H groups in total. The van der Waals surface area contributed by atoms with Gasteiger partial charge in [-0.2, -0.15) is 0 Å². The summed E-state index contributed by atoms with van der Waals surface area (Å²) < 4.78 is 12.1. The second-order valence-electron chi connectivity index (χ2n) is 10.8. The Bertz CT molecular complexity index is 1080. The lowest BCUT2D eigenvalue weighted by Gasteiger charge is -2.36. The van der Waals surface area contributed by atoms with E-state index in [1.54, 1.807) is 0 Å². The van der Waals surface area contributed by atoms with Crippen LogP contribution in [0.3, 0.4) is 0 Å². The standard InChI is InChI=1S/C26H36N2O3Si/c1-25(2,3)30-24(29)28-23(18-12-10-9-11-13-18)21-17-27-22-15-14-19(16-20(21)22)31-32(7,8)26(4,5)6/h9-17,23,27H,1-8H3,(H,28,29). The number of benzene rings is 2. The van der Waals surface area contributed by atoms with Gasteiger partial charge in [0.05, 0.1) is 6.04 Å². The highest BCUT2D eigenvalue weighted by atomic mass is 28.4. The summed E-state index contributed by atoms with van der Waals surface area (Å²) in [6.45, 7) is 16.8. The predicted octanol–water partition coefficient (Wildman–Crippen LogP) is 7.17. The molecule has 0 saturated heterocycles. The van der Waals surface area contributed by atoms with Crippen molar-refractivity contribution in [2.45, 2.75) is 71.3 Å². The Labute approximate surface area is 192 Å². The minimum absolute atomic E-state index is 0.105. The number of aromatic nitrogens is 1. The average molecular weight is 453 g/mol. The lowest BCUT2D eigenvalue weighted by Crippen LogP contribution is -2.43. The van der Waals surface area contributed by atoms with E-state index in [1.165, 1.54) is 0 Å². The van der Waals surface area contributed by atoms with Crippen LogP contribution in [0.4, 0.5) is 4.79 Å². The first kappa shape index (κ1) is 23.9. The molecule has 5 nitrogen and oxygen atoms in total. The van der Waals surface area contributed by atoms with E-state index in [9.17, 15) is 4.79 Å². The topological polar surface area (TPSA) is 63.3 Å². The predicted molar refractivity (Wildman–Crippen MR) is 134 cm³/mol. The lowest BCUT2D eigenvalue weighted by atomic mass is 9.98. The fourth-order valence-electron chi connectivity index (χ4n) is 3.28. The normalized spacial score (nSPS) is 13.6. The van der Waals surface area contributed by atoms with Gasteiger partial charge in [0.2, 0.25) is 8.32 Å². The maximum atomic E-state index is 12.7. The van der Waals surface area contributed by atoms with Crippen molar-refractivity contribution in [3.8, 4) is 5.75 Å². The first-order valence-corrected chi connectivity index (χ1v) is 14.0. The highest BCUT2D eigenvalue weighted by Gasteiger charge is 2.39. The summed E-state index contributed by atoms with van der Waals surface area (Å²) in [7, 11) is -1.97. The van der Waals surface area contributed by atoms with E-state index < -0.39 is 20.0 Å². The minimum atomic E-state index is -1.97. The summed E-state index contributed by atoms with van der Waals surface area (Å²) in [5, 5.41) is 4.19. The summed E-state index contributed by atoms with van der Waals surface area (Å²) in [5.74, 6) is 0.856. The van der Waals surface area contributed by atoms with Gasteiger partial charge >= 0.3 is 6.09 Å². The molecule has 2 aromatic carbocycles. The van der Waals surface area contributed by atoms with Gasteiger partial charge < -0.3 is 19.5 Å². The van der Waals surface area contributed by atoms with E-state index in [0.29, 0.717) is 0 Å². The molecule has 0 bridgehead atoms. The van der Waals surface area contributed by atoms with Gasteiger partial charge in [-0.1, -0.05) is 51.1 Å². The van der Waals surface area contributed by atoms with E-state index in [2.05, 4.69) is 50.2 Å². The number of hydrogen-bond donors (Lipinski definition) is 2. The van der Waals surface area contributed by atoms with E-state index >= 15 is 0 Å². The van der Waals surface area contributed by atoms with Crippen LogP contribution in [0.1, 0.15) is 58.7 Å². The molecular weight excluding hydrogens is 416 g/mol. The molecule has 1 heterocycles. The first-order chi connectivity index (χ1) is 14.8. The summed E-state index contributed by atoms with van der Waals surface area (Å²) in [6.07, 6.45) is 1.50. The molecule has 3 rings (SSSR count). The fraction of sp³-hybridized carbons (Fsp3) is 0.423. The molecule has 0 aliphatic heterocycles. The third kappa shape index (κ3) is 5.54. The SMILES string of the molecule is CC(C)(C)OC(=O)NC(c1ccccc1)c1c[nH]c2ccc(O[Si](C)(C)C(C)(C)C)cc12. The van der Waals surface area contributed by atoms with E-state index in [0.717, 1.165) is 27.8 Å². The maximum absolute atomic E-state index is 12.7. The smallest absolute Gasteiger partial charge is 0.408 e. The molecule has 32 heavy (non-hydrogen) atoms. The quantitative estimate of drug-likeness (QED) is 0.403. The molecule has 0 aliphatic carbocycles. The monoisotopic (exact) mass is 452 g/mol. The zero-order valence-electron chi connectivity index (χ0n) is 20.5. The Morgan fingerprint density at radius 1 is 1.00 bits per heavy atom. The number of rotatable bonds is 5. The van der Waals surface area contributed by atoms with Crippen molar-refractivity contribution < 1.29 is 14.0 Å². The zero-order chi connectivity index (χ0) is 23.7. The van der Waals surface area contributed by atoms with E-state index in [-0.39, 0.29) is 11.1 Å². The first-order valence-electron chi connectivity index (χ1n) is 11.1. The highest BCUT2D eigenvalue weighted by molar-refractivity contribution is 6.74. The third-order valence-corrected chi connectivity index (χ3v) is 10.3. The molecule has 0 spiro atoms. The van der Waals surface area contributed by atoms with Crippen LogP contribution < -0.4 is 9.74 Å². The summed E-state index contributed by atoms with van der Waals surface area (Å²) in [5.41, 5.74) is 2.37. The van der Waals surface area contributed by atoms with Gasteiger partial charge in [0, 0.05) is 22.7 Å². The van der Waals surface area contributed by atoms with Crippen molar-refractivity contribution in [1.29, 1.82) is 0 Å². The number of aromatic amines is 1. The van der Waals surface area contributed by atoms with Gasteiger partial charge in [-0.15, -0.1) is 0 Å². The van der Waals surface area contributed by atoms with Crippen molar-refractivity contribution in [2.24, 2.45) is 0 Å². The van der Waals surface area contributed by atoms with Gasteiger partial charge in [0.1, 0.15) is 11.4 Å². The van der Waals surface area contributed by atoms with Crippen LogP contribution in [-0.4, -0.2) is 25.0 Å². The number of alkyl carbamates (subject to hydrolysis) is 1. The van der Waals surface area contributed by atoms with Gasteiger partial charge in [0.25, 0.3) is 0 Å². The van der Waals surface area contributed by atoms with Crippen LogP contribution in [-0.2, 0) is 4.74 Å². The Kier molecular flexibility index (Phi) is 6.47. The number of H-pyrrole nitrogens is 1. The number of carbonyl (C=O) groups excluding carboxylic acids is 1. The van der Waals surface area contributed by atoms with Crippen LogP contribution in [0.25, 0.3) is 10.9 Å². The van der Waals surface area contributed by atoms with Crippen molar-refractivity contribution in [3.05, 3.63) is 65.9 Å². The lowest BCUT2D eigenvalue weighted by molar-refractivity contribution is 0.0512. The maximum Gasteiger partial charge on any atom is 0.408 e. The second-order valence-corrected chi connectivity index (χ2v) is 15.5. The minimum Gasteiger partial charge on any atom is -0.543 e. The van der Waals surface area contributed by atoms with Crippen LogP contribution in [0, 0.1) is 0 Å². The van der Waals surface area contributed by atoms with Gasteiger partial charge in [-0.05, 0) is 62.7 Å². The summed E-state index contributed by atoms with van der Waals surface area (Å²) >= 11 is 0. The van der Waals surface area contributed by atoms with Crippen LogP contribution >= 0.6 is 0 Å². The Morgan fingerprint density at radius 2 is 1.66 bits per heavy atom. The highest BCUT2D eigenvalue weighted by Crippen LogP contribution is 2.39. The van der Waals surface area contributed by atoms with Gasteiger partial charge in [-0.25, -0.2) is 4.79 Å². The van der Waals surface area contributed by atoms with Crippen molar-refractivity contribution >= 4 is 25.3 Å². The number of carbonyl (C=O) groups is 1. The van der Waals surface area contributed by atoms with Crippen LogP contribution in [0.2, 0.25) is 18.1 Å². The molecule has 0 radical (unpaired) electrons. The van der Waals surface area contributed by atoms with Gasteiger partial charge in [-0.3, -0.25) is 0 Å². The van der Waals surface area contributed by atoms with Crippen molar-refractivity contribution in [3.63, 3.8) is 0 Å². The fourth-order valence-corrected chi connectivity index (χ4v) is 4.31. The Balaban J connectivity index is 2.02. The average Bonchev–Trinajstić information content (AvgIpc) is 3.07. The number of ether oxygens (including phenoxy) is 1. The number of nitrogens with one attached hydrogen (secondary N) is 2. The van der Waals surface area contributed by atoms with Crippen molar-refractivity contribution in [2.75, 3.05) is 0 Å². The van der Waals surface area contributed by atoms with Crippen LogP contribution in [0.15, 0.2) is 54.7 Å². The van der Waals surface area contributed by atoms with Crippen molar-refractivity contribution in [1.82, 2.24) is 10.3 Å². The summed E-state index contributed by atoms with van der Waals surface area (Å²) in [6, 6.07) is 15.7. The molecule has 1 atom stereocenters. The molecule has 1 unspecified atom stereocenters. The molecule has 0 saturated carbocycles. The van der Waals surface area contributed by atoms with E-state index in [1.807, 2.05) is 69.4 Å². The van der Waals surface area contributed by atoms with Crippen LogP contribution in [0.5, 0.6) is 5.75 Å². The zero-order valence-corrected chi connectivity index (χ0v) is 21.5. The molecule has 6 heteroatoms. The Hall–Kier alpha value is -2.73.